The molecule has 0 spiro atoms. The molecule has 2 aliphatic heterocycles. The Morgan fingerprint density at radius 1 is 0.918 bits per heavy atom. The number of rotatable bonds is 12. The second-order valence-corrected chi connectivity index (χ2v) is 13.3. The van der Waals surface area contributed by atoms with Crippen LogP contribution in [0.25, 0.3) is 5.82 Å². The molecule has 0 bridgehead atoms. The van der Waals surface area contributed by atoms with E-state index in [0.29, 0.717) is 42.6 Å². The molecule has 0 radical (unpaired) electrons. The first-order valence-electron chi connectivity index (χ1n) is 16.9. The van der Waals surface area contributed by atoms with Gasteiger partial charge in [-0.2, -0.15) is 9.78 Å². The minimum absolute atomic E-state index is 0.221. The van der Waals surface area contributed by atoms with Gasteiger partial charge in [-0.3, -0.25) is 14.6 Å². The quantitative estimate of drug-likeness (QED) is 0.194. The van der Waals surface area contributed by atoms with Gasteiger partial charge in [-0.05, 0) is 63.6 Å². The zero-order valence-corrected chi connectivity index (χ0v) is 28.9. The summed E-state index contributed by atoms with van der Waals surface area (Å²) in [6.07, 6.45) is 1.56. The number of anilines is 4. The zero-order valence-electron chi connectivity index (χ0n) is 28.9. The topological polar surface area (TPSA) is 131 Å². The summed E-state index contributed by atoms with van der Waals surface area (Å²) in [5.74, 6) is 2.54. The van der Waals surface area contributed by atoms with E-state index in [2.05, 4.69) is 41.8 Å². The molecule has 2 aromatic heterocycles. The lowest BCUT2D eigenvalue weighted by Crippen LogP contribution is -2.39. The molecule has 3 N–H and O–H groups in total. The molecule has 1 amide bonds. The third kappa shape index (κ3) is 9.76. The van der Waals surface area contributed by atoms with Crippen molar-refractivity contribution in [1.29, 1.82) is 0 Å². The first-order valence-corrected chi connectivity index (χ1v) is 16.9. The van der Waals surface area contributed by atoms with E-state index in [0.717, 1.165) is 81.1 Å². The van der Waals surface area contributed by atoms with E-state index in [1.54, 1.807) is 18.5 Å². The lowest BCUT2D eigenvalue weighted by atomic mass is 10.1. The molecule has 2 aromatic carbocycles. The molecule has 13 nitrogen and oxygen atoms in total. The molecule has 13 heteroatoms. The number of hydrogen-bond donors (Lipinski definition) is 3. The van der Waals surface area contributed by atoms with E-state index in [9.17, 15) is 4.79 Å². The smallest absolute Gasteiger partial charge is 0.255 e. The van der Waals surface area contributed by atoms with Crippen molar-refractivity contribution in [3.05, 3.63) is 77.7 Å². The van der Waals surface area contributed by atoms with Gasteiger partial charge in [-0.15, -0.1) is 0 Å². The minimum Gasteiger partial charge on any atom is -0.488 e. The van der Waals surface area contributed by atoms with Gasteiger partial charge >= 0.3 is 0 Å². The van der Waals surface area contributed by atoms with E-state index >= 15 is 0 Å². The summed E-state index contributed by atoms with van der Waals surface area (Å²) in [4.78, 5) is 27.0. The molecule has 2 saturated heterocycles. The van der Waals surface area contributed by atoms with Gasteiger partial charge in [0.2, 0.25) is 0 Å². The Kier molecular flexibility index (Phi) is 11.0. The Balaban J connectivity index is 1.21. The number of carbonyl (C=O) groups excluding carboxylic acids is 1. The predicted molar refractivity (Wildman–Crippen MR) is 190 cm³/mol. The van der Waals surface area contributed by atoms with Crippen molar-refractivity contribution < 1.29 is 19.0 Å². The summed E-state index contributed by atoms with van der Waals surface area (Å²) in [6.45, 7) is 16.9. The normalized spacial score (nSPS) is 15.9. The van der Waals surface area contributed by atoms with Crippen LogP contribution in [0.15, 0.2) is 60.9 Å². The molecule has 260 valence electrons. The lowest BCUT2D eigenvalue weighted by Gasteiger charge is -2.26. The number of benzene rings is 2. The molecular weight excluding hydrogens is 622 g/mol. The van der Waals surface area contributed by atoms with Gasteiger partial charge in [0.1, 0.15) is 29.3 Å². The van der Waals surface area contributed by atoms with Gasteiger partial charge in [-0.1, -0.05) is 12.1 Å². The van der Waals surface area contributed by atoms with Crippen LogP contribution in [0, 0.1) is 6.92 Å². The highest BCUT2D eigenvalue weighted by molar-refractivity contribution is 6.04. The molecular formula is C36H47N9O4. The van der Waals surface area contributed by atoms with Crippen molar-refractivity contribution in [3.8, 4) is 11.6 Å². The summed E-state index contributed by atoms with van der Waals surface area (Å²) in [6, 6.07) is 17.0. The van der Waals surface area contributed by atoms with E-state index in [4.69, 9.17) is 19.3 Å². The summed E-state index contributed by atoms with van der Waals surface area (Å²) in [5, 5.41) is 15.1. The van der Waals surface area contributed by atoms with Crippen LogP contribution in [0.5, 0.6) is 5.75 Å². The third-order valence-corrected chi connectivity index (χ3v) is 8.24. The van der Waals surface area contributed by atoms with Crippen LogP contribution in [-0.2, 0) is 16.0 Å². The third-order valence-electron chi connectivity index (χ3n) is 8.24. The maximum atomic E-state index is 13.3. The average molecular weight is 670 g/mol. The van der Waals surface area contributed by atoms with E-state index in [1.165, 1.54) is 0 Å². The number of nitrogens with zero attached hydrogens (tertiary/aromatic N) is 6. The second-order valence-electron chi connectivity index (χ2n) is 13.3. The minimum atomic E-state index is -0.367. The van der Waals surface area contributed by atoms with Crippen molar-refractivity contribution in [2.75, 3.05) is 81.6 Å². The number of hydrogen-bond acceptors (Lipinski definition) is 11. The van der Waals surface area contributed by atoms with Crippen molar-refractivity contribution in [2.24, 2.45) is 0 Å². The van der Waals surface area contributed by atoms with Gasteiger partial charge in [0.15, 0.2) is 5.82 Å². The van der Waals surface area contributed by atoms with Gasteiger partial charge in [-0.25, -0.2) is 9.97 Å². The number of aromatic nitrogens is 4. The van der Waals surface area contributed by atoms with E-state index in [-0.39, 0.29) is 11.5 Å². The van der Waals surface area contributed by atoms with Gasteiger partial charge in [0, 0.05) is 74.9 Å². The monoisotopic (exact) mass is 669 g/mol. The van der Waals surface area contributed by atoms with Crippen LogP contribution >= 0.6 is 0 Å². The number of carbonyl (C=O) groups is 1. The Morgan fingerprint density at radius 3 is 2.43 bits per heavy atom. The Hall–Kier alpha value is -4.56. The molecule has 49 heavy (non-hydrogen) atoms. The fraction of sp³-hybridized carbons (Fsp3) is 0.444. The number of nitrogens with one attached hydrogen (secondary N) is 3. The van der Waals surface area contributed by atoms with Crippen LogP contribution < -0.4 is 20.7 Å². The first kappa shape index (κ1) is 34.3. The van der Waals surface area contributed by atoms with Gasteiger partial charge < -0.3 is 30.2 Å². The summed E-state index contributed by atoms with van der Waals surface area (Å²) in [5.41, 5.74) is 3.56. The largest absolute Gasteiger partial charge is 0.488 e. The SMILES string of the molecule is Cc1ccc(NC(=O)c2cccc(OC(C)(C)C)c2)cc1Nc1cc(CN2CCOCC2)nn1-c1cc(NCCN2CCOCC2)ncn1. The molecule has 4 aromatic rings. The molecule has 0 atom stereocenters. The van der Waals surface area contributed by atoms with E-state index < -0.39 is 0 Å². The van der Waals surface area contributed by atoms with Crippen LogP contribution in [0.2, 0.25) is 0 Å². The summed E-state index contributed by atoms with van der Waals surface area (Å²) >= 11 is 0. The average Bonchev–Trinajstić information content (AvgIpc) is 3.48. The molecule has 2 aliphatic rings. The molecule has 4 heterocycles. The van der Waals surface area contributed by atoms with Gasteiger partial charge in [0.05, 0.1) is 32.1 Å². The van der Waals surface area contributed by atoms with Crippen LogP contribution in [-0.4, -0.2) is 107 Å². The maximum Gasteiger partial charge on any atom is 0.255 e. The fourth-order valence-electron chi connectivity index (χ4n) is 5.72. The number of ether oxygens (including phenoxy) is 3. The van der Waals surface area contributed by atoms with Crippen LogP contribution in [0.3, 0.4) is 0 Å². The molecule has 0 saturated carbocycles. The molecule has 6 rings (SSSR count). The first-order chi connectivity index (χ1) is 23.7. The molecule has 0 aliphatic carbocycles. The summed E-state index contributed by atoms with van der Waals surface area (Å²) < 4.78 is 18.8. The molecule has 2 fully saturated rings. The highest BCUT2D eigenvalue weighted by Crippen LogP contribution is 2.28. The number of morpholine rings is 2. The van der Waals surface area contributed by atoms with Crippen LogP contribution in [0.4, 0.5) is 23.0 Å². The van der Waals surface area contributed by atoms with Gasteiger partial charge in [0.25, 0.3) is 5.91 Å². The second kappa shape index (κ2) is 15.8. The predicted octanol–water partition coefficient (Wildman–Crippen LogP) is 4.72. The van der Waals surface area contributed by atoms with Crippen molar-refractivity contribution in [2.45, 2.75) is 39.8 Å². The highest BCUT2D eigenvalue weighted by Gasteiger charge is 2.19. The standard InChI is InChI=1S/C36H47N9O4/c1-26-8-9-28(40-35(46)27-6-5-7-30(20-27)49-36(2,3)4)21-31(26)41-34-22-29(24-44-14-18-48-19-15-44)42-45(34)33-23-32(38-25-39-33)37-10-11-43-12-16-47-17-13-43/h5-9,20-23,25,41H,10-19,24H2,1-4H3,(H,40,46)(H,37,38,39). The lowest BCUT2D eigenvalue weighted by molar-refractivity contribution is 0.0336. The Labute approximate surface area is 288 Å². The van der Waals surface area contributed by atoms with E-state index in [1.807, 2.05) is 68.8 Å². The number of aryl methyl sites for hydroxylation is 1. The zero-order chi connectivity index (χ0) is 34.2. The van der Waals surface area contributed by atoms with Crippen LogP contribution in [0.1, 0.15) is 42.4 Å². The maximum absolute atomic E-state index is 13.3. The fourth-order valence-corrected chi connectivity index (χ4v) is 5.72. The van der Waals surface area contributed by atoms with Crippen molar-refractivity contribution in [1.82, 2.24) is 29.5 Å². The molecule has 0 unspecified atom stereocenters. The Bertz CT molecular complexity index is 1710. The Morgan fingerprint density at radius 2 is 1.67 bits per heavy atom. The van der Waals surface area contributed by atoms with Crippen molar-refractivity contribution in [3.63, 3.8) is 0 Å². The van der Waals surface area contributed by atoms with Crippen molar-refractivity contribution >= 4 is 28.9 Å². The highest BCUT2D eigenvalue weighted by atomic mass is 16.5. The number of amides is 1. The summed E-state index contributed by atoms with van der Waals surface area (Å²) in [7, 11) is 0.